The van der Waals surface area contributed by atoms with Crippen LogP contribution in [0.3, 0.4) is 0 Å². The Morgan fingerprint density at radius 3 is 2.53 bits per heavy atom. The maximum absolute atomic E-state index is 13.5. The molecule has 206 valence electrons. The third-order valence-electron chi connectivity index (χ3n) is 6.82. The molecule has 3 aromatic rings. The van der Waals surface area contributed by atoms with E-state index in [9.17, 15) is 14.0 Å². The fraction of sp³-hybridized carbons (Fsp3) is 0.444. The lowest BCUT2D eigenvalue weighted by Gasteiger charge is -2.28. The van der Waals surface area contributed by atoms with Gasteiger partial charge in [0.15, 0.2) is 0 Å². The molecule has 1 aromatic heterocycles. The molecule has 2 heterocycles. The number of hydrogen-bond acceptors (Lipinski definition) is 6. The van der Waals surface area contributed by atoms with Crippen molar-refractivity contribution in [1.82, 2.24) is 30.4 Å². The van der Waals surface area contributed by atoms with Gasteiger partial charge in [0, 0.05) is 50.8 Å². The van der Waals surface area contributed by atoms with E-state index in [1.807, 2.05) is 35.8 Å². The Balaban J connectivity index is 0.00000400. The summed E-state index contributed by atoms with van der Waals surface area (Å²) in [5.74, 6) is -0.547. The number of aryl methyl sites for hydroxylation is 2. The third-order valence-corrected chi connectivity index (χ3v) is 6.82. The molecule has 2 aromatic carbocycles. The summed E-state index contributed by atoms with van der Waals surface area (Å²) in [6.07, 6.45) is 1.83. The third kappa shape index (κ3) is 6.50. The summed E-state index contributed by atoms with van der Waals surface area (Å²) in [6.45, 7) is 9.92. The van der Waals surface area contributed by atoms with Gasteiger partial charge in [0.2, 0.25) is 5.91 Å². The van der Waals surface area contributed by atoms with Crippen LogP contribution >= 0.6 is 12.4 Å². The molecule has 11 heteroatoms. The summed E-state index contributed by atoms with van der Waals surface area (Å²) in [6, 6.07) is 8.79. The van der Waals surface area contributed by atoms with Crippen LogP contribution in [-0.4, -0.2) is 71.4 Å². The molecule has 2 N–H and O–H groups in total. The molecule has 0 saturated heterocycles. The molecule has 9 nitrogen and oxygen atoms in total. The molecule has 0 saturated carbocycles. The second-order valence-electron chi connectivity index (χ2n) is 9.31. The number of anilines is 1. The average Bonchev–Trinajstić information content (AvgIpc) is 3.48. The van der Waals surface area contributed by atoms with E-state index >= 15 is 0 Å². The zero-order valence-corrected chi connectivity index (χ0v) is 23.3. The van der Waals surface area contributed by atoms with Crippen molar-refractivity contribution < 1.29 is 14.0 Å². The molecule has 4 rings (SSSR count). The largest absolute Gasteiger partial charge is 0.315 e. The number of hydrazine groups is 1. The number of benzene rings is 2. The highest BCUT2D eigenvalue weighted by molar-refractivity contribution is 5.98. The quantitative estimate of drug-likeness (QED) is 0.360. The minimum atomic E-state index is -0.276. The topological polar surface area (TPSA) is 85.7 Å². The van der Waals surface area contributed by atoms with Gasteiger partial charge >= 0.3 is 0 Å². The molecule has 0 radical (unpaired) electrons. The van der Waals surface area contributed by atoms with Gasteiger partial charge in [-0.05, 0) is 61.3 Å². The lowest BCUT2D eigenvalue weighted by molar-refractivity contribution is -0.145. The van der Waals surface area contributed by atoms with Crippen LogP contribution in [0.1, 0.15) is 30.5 Å². The monoisotopic (exact) mass is 545 g/mol. The number of amides is 2. The predicted molar refractivity (Wildman–Crippen MR) is 150 cm³/mol. The van der Waals surface area contributed by atoms with Gasteiger partial charge in [-0.15, -0.1) is 12.4 Å². The van der Waals surface area contributed by atoms with Gasteiger partial charge in [-0.25, -0.2) is 9.40 Å². The van der Waals surface area contributed by atoms with Crippen molar-refractivity contribution in [3.8, 4) is 0 Å². The van der Waals surface area contributed by atoms with Crippen molar-refractivity contribution in [2.75, 3.05) is 44.7 Å². The highest BCUT2D eigenvalue weighted by atomic mass is 35.5. The minimum absolute atomic E-state index is 0. The second-order valence-corrected chi connectivity index (χ2v) is 9.31. The Labute approximate surface area is 229 Å². The van der Waals surface area contributed by atoms with Crippen LogP contribution in [0.25, 0.3) is 10.9 Å². The van der Waals surface area contributed by atoms with Gasteiger partial charge in [-0.1, -0.05) is 13.0 Å². The van der Waals surface area contributed by atoms with Gasteiger partial charge in [0.05, 0.1) is 24.8 Å². The number of carbonyl (C=O) groups excluding carboxylic acids is 2. The molecule has 0 atom stereocenters. The summed E-state index contributed by atoms with van der Waals surface area (Å²) in [4.78, 5) is 27.9. The molecule has 38 heavy (non-hydrogen) atoms. The van der Waals surface area contributed by atoms with Gasteiger partial charge in [0.25, 0.3) is 5.91 Å². The molecule has 0 unspecified atom stereocenters. The van der Waals surface area contributed by atoms with Crippen molar-refractivity contribution in [2.24, 2.45) is 0 Å². The molecular weight excluding hydrogens is 509 g/mol. The van der Waals surface area contributed by atoms with E-state index < -0.39 is 0 Å². The fourth-order valence-electron chi connectivity index (χ4n) is 4.71. The fourth-order valence-corrected chi connectivity index (χ4v) is 4.71. The lowest BCUT2D eigenvalue weighted by atomic mass is 10.1. The van der Waals surface area contributed by atoms with E-state index in [2.05, 4.69) is 28.7 Å². The van der Waals surface area contributed by atoms with Crippen LogP contribution in [0.15, 0.2) is 36.5 Å². The SMILES string of the molecule is CCNCCN(C(=O)CNCC(=O)N(C)N1Cc2ccc(F)cc2C1)c1cc2cnn(CC)c2cc1C.Cl. The molecule has 2 amide bonds. The summed E-state index contributed by atoms with van der Waals surface area (Å²) >= 11 is 0. The Kier molecular flexibility index (Phi) is 10.2. The number of carbonyl (C=O) groups is 2. The molecule has 0 bridgehead atoms. The summed E-state index contributed by atoms with van der Waals surface area (Å²) in [7, 11) is 1.70. The van der Waals surface area contributed by atoms with Crippen LogP contribution in [0.5, 0.6) is 0 Å². The first-order valence-corrected chi connectivity index (χ1v) is 12.8. The van der Waals surface area contributed by atoms with Crippen molar-refractivity contribution in [1.29, 1.82) is 0 Å². The van der Waals surface area contributed by atoms with Crippen molar-refractivity contribution in [3.63, 3.8) is 0 Å². The molecule has 0 spiro atoms. The molecule has 0 fully saturated rings. The van der Waals surface area contributed by atoms with Crippen LogP contribution in [-0.2, 0) is 29.2 Å². The van der Waals surface area contributed by atoms with Gasteiger partial charge < -0.3 is 10.2 Å². The smallest absolute Gasteiger partial charge is 0.250 e. The van der Waals surface area contributed by atoms with Crippen LogP contribution < -0.4 is 15.5 Å². The number of nitrogens with zero attached hydrogens (tertiary/aromatic N) is 5. The number of halogens is 2. The normalized spacial score (nSPS) is 12.9. The number of rotatable bonds is 11. The Morgan fingerprint density at radius 2 is 1.79 bits per heavy atom. The lowest BCUT2D eigenvalue weighted by Crippen LogP contribution is -2.47. The number of hydrogen-bond donors (Lipinski definition) is 2. The summed E-state index contributed by atoms with van der Waals surface area (Å²) in [5.41, 5.74) is 4.78. The van der Waals surface area contributed by atoms with E-state index in [4.69, 9.17) is 0 Å². The van der Waals surface area contributed by atoms with E-state index in [1.165, 1.54) is 12.1 Å². The number of likely N-dealkylation sites (N-methyl/N-ethyl adjacent to an activating group) is 2. The maximum Gasteiger partial charge on any atom is 0.250 e. The molecule has 0 aliphatic carbocycles. The Hall–Kier alpha value is -3.05. The highest BCUT2D eigenvalue weighted by Crippen LogP contribution is 2.27. The van der Waals surface area contributed by atoms with Crippen molar-refractivity contribution in [3.05, 3.63) is 59.0 Å². The van der Waals surface area contributed by atoms with E-state index in [0.717, 1.165) is 46.4 Å². The zero-order valence-electron chi connectivity index (χ0n) is 22.5. The number of aromatic nitrogens is 2. The molecule has 1 aliphatic heterocycles. The maximum atomic E-state index is 13.5. The highest BCUT2D eigenvalue weighted by Gasteiger charge is 2.26. The first kappa shape index (κ1) is 29.5. The standard InChI is InChI=1S/C27H36FN7O2.ClH/c1-5-29-9-10-34(24-13-21-14-31-35(6-2)25(21)11-19(24)3)27(37)16-30-15-26(36)32(4)33-17-20-7-8-23(28)12-22(20)18-33;/h7-8,11-14,29-30H,5-6,9-10,15-18H2,1-4H3;1H. The van der Waals surface area contributed by atoms with Crippen LogP contribution in [0.2, 0.25) is 0 Å². The summed E-state index contributed by atoms with van der Waals surface area (Å²) < 4.78 is 15.5. The van der Waals surface area contributed by atoms with Gasteiger partial charge in [-0.3, -0.25) is 24.6 Å². The molecular formula is C27H37ClFN7O2. The van der Waals surface area contributed by atoms with E-state index in [1.54, 1.807) is 23.0 Å². The average molecular weight is 546 g/mol. The Morgan fingerprint density at radius 1 is 1.05 bits per heavy atom. The van der Waals surface area contributed by atoms with Crippen LogP contribution in [0, 0.1) is 12.7 Å². The first-order chi connectivity index (χ1) is 17.8. The Bertz CT molecular complexity index is 1280. The van der Waals surface area contributed by atoms with E-state index in [-0.39, 0.29) is 43.1 Å². The predicted octanol–water partition coefficient (Wildman–Crippen LogP) is 2.85. The van der Waals surface area contributed by atoms with Gasteiger partial charge in [-0.2, -0.15) is 5.10 Å². The second kappa shape index (κ2) is 13.1. The van der Waals surface area contributed by atoms with E-state index in [0.29, 0.717) is 26.2 Å². The minimum Gasteiger partial charge on any atom is -0.315 e. The van der Waals surface area contributed by atoms with Crippen molar-refractivity contribution >= 4 is 40.8 Å². The zero-order chi connectivity index (χ0) is 26.5. The van der Waals surface area contributed by atoms with Crippen LogP contribution in [0.4, 0.5) is 10.1 Å². The van der Waals surface area contributed by atoms with Crippen molar-refractivity contribution in [2.45, 2.75) is 40.4 Å². The summed E-state index contributed by atoms with van der Waals surface area (Å²) in [5, 5.41) is 15.1. The van der Waals surface area contributed by atoms with Gasteiger partial charge in [0.1, 0.15) is 5.82 Å². The first-order valence-electron chi connectivity index (χ1n) is 12.8. The molecule has 1 aliphatic rings. The number of fused-ring (bicyclic) bond motifs is 2. The number of nitrogens with one attached hydrogen (secondary N) is 2.